The minimum Gasteiger partial charge on any atom is -0.322 e. The summed E-state index contributed by atoms with van der Waals surface area (Å²) in [4.78, 5) is 24.5. The fourth-order valence-electron chi connectivity index (χ4n) is 2.35. The van der Waals surface area contributed by atoms with E-state index in [9.17, 15) is 9.59 Å². The molecule has 2 aromatic rings. The van der Waals surface area contributed by atoms with Gasteiger partial charge in [-0.2, -0.15) is 5.10 Å². The van der Waals surface area contributed by atoms with Crippen LogP contribution >= 0.6 is 0 Å². The van der Waals surface area contributed by atoms with Gasteiger partial charge in [-0.05, 0) is 24.1 Å². The third-order valence-electron chi connectivity index (χ3n) is 3.47. The monoisotopic (exact) mass is 268 g/mol. The summed E-state index contributed by atoms with van der Waals surface area (Å²) in [5.41, 5.74) is 1.91. The zero-order valence-corrected chi connectivity index (χ0v) is 11.1. The maximum atomic E-state index is 11.9. The maximum absolute atomic E-state index is 11.9. The molecular formula is C13H13BN4O2. The molecular weight excluding hydrogens is 255 g/mol. The second kappa shape index (κ2) is 4.66. The lowest BCUT2D eigenvalue weighted by atomic mass is 10.1. The van der Waals surface area contributed by atoms with Crippen molar-refractivity contribution in [2.45, 2.75) is 19.8 Å². The standard InChI is InChI=1S/C13H13BN4O2/c1-2-8-3-4-9-10(7-8)18(14)16-12(9)17-6-5-11(19)15-13(17)20/h3-4,7H,2,5-6H2,1H3,(H,15,19,20). The van der Waals surface area contributed by atoms with Crippen molar-refractivity contribution in [1.29, 1.82) is 0 Å². The topological polar surface area (TPSA) is 67.2 Å². The SMILES string of the molecule is [B]n1nc(N2CCC(=O)NC2=O)c2ccc(CC)cc21. The summed E-state index contributed by atoms with van der Waals surface area (Å²) >= 11 is 0. The van der Waals surface area contributed by atoms with E-state index in [0.717, 1.165) is 22.9 Å². The van der Waals surface area contributed by atoms with Crippen LogP contribution in [0.25, 0.3) is 10.9 Å². The van der Waals surface area contributed by atoms with E-state index in [-0.39, 0.29) is 12.3 Å². The zero-order valence-electron chi connectivity index (χ0n) is 11.1. The highest BCUT2D eigenvalue weighted by Gasteiger charge is 2.27. The van der Waals surface area contributed by atoms with E-state index in [1.807, 2.05) is 18.2 Å². The first-order chi connectivity index (χ1) is 9.60. The van der Waals surface area contributed by atoms with Crippen molar-refractivity contribution in [3.63, 3.8) is 0 Å². The fraction of sp³-hybridized carbons (Fsp3) is 0.308. The van der Waals surface area contributed by atoms with Crippen LogP contribution in [-0.4, -0.2) is 36.2 Å². The Morgan fingerprint density at radius 3 is 2.90 bits per heavy atom. The molecule has 1 aromatic heterocycles. The zero-order chi connectivity index (χ0) is 14.3. The van der Waals surface area contributed by atoms with Crippen LogP contribution in [0.15, 0.2) is 18.2 Å². The predicted octanol–water partition coefficient (Wildman–Crippen LogP) is 0.977. The van der Waals surface area contributed by atoms with Crippen LogP contribution in [0, 0.1) is 0 Å². The van der Waals surface area contributed by atoms with Crippen LogP contribution in [0.1, 0.15) is 18.9 Å². The number of amides is 3. The Hall–Kier alpha value is -2.31. The Kier molecular flexibility index (Phi) is 2.96. The van der Waals surface area contributed by atoms with E-state index < -0.39 is 6.03 Å². The van der Waals surface area contributed by atoms with Gasteiger partial charge in [0, 0.05) is 18.4 Å². The molecule has 3 rings (SSSR count). The van der Waals surface area contributed by atoms with Gasteiger partial charge in [0.15, 0.2) is 5.82 Å². The van der Waals surface area contributed by atoms with Crippen molar-refractivity contribution < 1.29 is 9.59 Å². The molecule has 6 nitrogen and oxygen atoms in total. The maximum Gasteiger partial charge on any atom is 0.329 e. The summed E-state index contributed by atoms with van der Waals surface area (Å²) < 4.78 is 1.27. The highest BCUT2D eigenvalue weighted by atomic mass is 16.2. The van der Waals surface area contributed by atoms with Crippen molar-refractivity contribution in [3.8, 4) is 0 Å². The van der Waals surface area contributed by atoms with Gasteiger partial charge in [0.1, 0.15) is 0 Å². The van der Waals surface area contributed by atoms with Gasteiger partial charge in [-0.25, -0.2) is 4.79 Å². The number of nitrogens with one attached hydrogen (secondary N) is 1. The average molecular weight is 268 g/mol. The molecule has 2 radical (unpaired) electrons. The van der Waals surface area contributed by atoms with Gasteiger partial charge in [0.2, 0.25) is 5.91 Å². The highest BCUT2D eigenvalue weighted by Crippen LogP contribution is 2.27. The van der Waals surface area contributed by atoms with Crippen molar-refractivity contribution in [2.75, 3.05) is 11.4 Å². The van der Waals surface area contributed by atoms with Crippen LogP contribution in [0.5, 0.6) is 0 Å². The molecule has 0 spiro atoms. The fourth-order valence-corrected chi connectivity index (χ4v) is 2.35. The molecule has 100 valence electrons. The summed E-state index contributed by atoms with van der Waals surface area (Å²) in [7, 11) is 5.86. The van der Waals surface area contributed by atoms with Gasteiger partial charge in [-0.3, -0.25) is 15.0 Å². The number of fused-ring (bicyclic) bond motifs is 1. The highest BCUT2D eigenvalue weighted by molar-refractivity contribution is 6.14. The largest absolute Gasteiger partial charge is 0.329 e. The van der Waals surface area contributed by atoms with Crippen LogP contribution in [-0.2, 0) is 11.2 Å². The number of rotatable bonds is 2. The Labute approximate surface area is 117 Å². The van der Waals surface area contributed by atoms with Gasteiger partial charge in [0.25, 0.3) is 7.98 Å². The predicted molar refractivity (Wildman–Crippen MR) is 75.8 cm³/mol. The van der Waals surface area contributed by atoms with Gasteiger partial charge >= 0.3 is 6.03 Å². The molecule has 20 heavy (non-hydrogen) atoms. The first-order valence-electron chi connectivity index (χ1n) is 6.48. The van der Waals surface area contributed by atoms with Gasteiger partial charge in [0.05, 0.1) is 5.52 Å². The minimum absolute atomic E-state index is 0.262. The molecule has 1 saturated heterocycles. The number of benzene rings is 1. The quantitative estimate of drug-likeness (QED) is 0.825. The van der Waals surface area contributed by atoms with Crippen molar-refractivity contribution >= 4 is 36.6 Å². The number of nitrogens with zero attached hydrogens (tertiary/aromatic N) is 3. The number of hydrogen-bond acceptors (Lipinski definition) is 3. The van der Waals surface area contributed by atoms with Gasteiger partial charge in [-0.15, -0.1) is 0 Å². The summed E-state index contributed by atoms with van der Waals surface area (Å²) in [5.74, 6) is 0.214. The molecule has 2 heterocycles. The van der Waals surface area contributed by atoms with Gasteiger partial charge < -0.3 is 4.59 Å². The van der Waals surface area contributed by atoms with E-state index in [2.05, 4.69) is 17.3 Å². The Morgan fingerprint density at radius 2 is 2.20 bits per heavy atom. The Bertz CT molecular complexity index is 710. The van der Waals surface area contributed by atoms with Crippen LogP contribution in [0.3, 0.4) is 0 Å². The molecule has 1 N–H and O–H groups in total. The lowest BCUT2D eigenvalue weighted by molar-refractivity contribution is -0.120. The molecule has 3 amide bonds. The number of carbonyl (C=O) groups is 2. The van der Waals surface area contributed by atoms with E-state index in [1.165, 1.54) is 9.49 Å². The molecule has 0 saturated carbocycles. The van der Waals surface area contributed by atoms with Crippen molar-refractivity contribution in [3.05, 3.63) is 23.8 Å². The van der Waals surface area contributed by atoms with Crippen LogP contribution < -0.4 is 10.2 Å². The van der Waals surface area contributed by atoms with Crippen LogP contribution in [0.4, 0.5) is 10.6 Å². The van der Waals surface area contributed by atoms with E-state index in [0.29, 0.717) is 12.4 Å². The van der Waals surface area contributed by atoms with Crippen LogP contribution in [0.2, 0.25) is 0 Å². The molecule has 0 aliphatic carbocycles. The van der Waals surface area contributed by atoms with Crippen molar-refractivity contribution in [1.82, 2.24) is 15.0 Å². The normalized spacial score (nSPS) is 15.8. The molecule has 0 bridgehead atoms. The summed E-state index contributed by atoms with van der Waals surface area (Å²) in [6, 6.07) is 5.39. The number of aromatic nitrogens is 2. The van der Waals surface area contributed by atoms with Crippen molar-refractivity contribution in [2.24, 2.45) is 0 Å². The Balaban J connectivity index is 2.08. The Morgan fingerprint density at radius 1 is 1.40 bits per heavy atom. The summed E-state index contributed by atoms with van der Waals surface area (Å²) in [5, 5.41) is 7.30. The second-order valence-corrected chi connectivity index (χ2v) is 4.73. The molecule has 1 aliphatic heterocycles. The molecule has 1 aliphatic rings. The number of urea groups is 1. The third-order valence-corrected chi connectivity index (χ3v) is 3.47. The molecule has 7 heteroatoms. The number of hydrogen-bond donors (Lipinski definition) is 1. The van der Waals surface area contributed by atoms with E-state index in [1.54, 1.807) is 0 Å². The lowest BCUT2D eigenvalue weighted by Crippen LogP contribution is -2.49. The first-order valence-corrected chi connectivity index (χ1v) is 6.48. The molecule has 1 aromatic carbocycles. The summed E-state index contributed by atoms with van der Waals surface area (Å²) in [6.45, 7) is 2.37. The number of anilines is 1. The number of carbonyl (C=O) groups excluding carboxylic acids is 2. The molecule has 0 unspecified atom stereocenters. The smallest absolute Gasteiger partial charge is 0.322 e. The number of imide groups is 1. The minimum atomic E-state index is -0.458. The van der Waals surface area contributed by atoms with Gasteiger partial charge in [-0.1, -0.05) is 13.0 Å². The average Bonchev–Trinajstić information content (AvgIpc) is 2.75. The third kappa shape index (κ3) is 1.95. The lowest BCUT2D eigenvalue weighted by Gasteiger charge is -2.24. The van der Waals surface area contributed by atoms with E-state index in [4.69, 9.17) is 7.98 Å². The number of aryl methyl sites for hydroxylation is 1. The second-order valence-electron chi connectivity index (χ2n) is 4.73. The molecule has 1 fully saturated rings. The van der Waals surface area contributed by atoms with E-state index >= 15 is 0 Å². The first kappa shape index (κ1) is 12.7. The summed E-state index contributed by atoms with van der Waals surface area (Å²) in [6.07, 6.45) is 1.16. The molecule has 0 atom stereocenters.